The zero-order valence-corrected chi connectivity index (χ0v) is 11.5. The lowest BCUT2D eigenvalue weighted by atomic mass is 10.2. The SMILES string of the molecule is CCC(CS)CSc1ccccc1Br. The van der Waals surface area contributed by atoms with Gasteiger partial charge in [-0.3, -0.25) is 0 Å². The fraction of sp³-hybridized carbons (Fsp3) is 0.455. The molecule has 0 aliphatic rings. The first kappa shape index (κ1) is 12.5. The van der Waals surface area contributed by atoms with E-state index in [1.165, 1.54) is 15.8 Å². The number of thiol groups is 1. The predicted molar refractivity (Wildman–Crippen MR) is 72.5 cm³/mol. The van der Waals surface area contributed by atoms with Crippen molar-refractivity contribution in [3.63, 3.8) is 0 Å². The first-order valence-corrected chi connectivity index (χ1v) is 7.17. The van der Waals surface area contributed by atoms with E-state index in [4.69, 9.17) is 0 Å². The summed E-state index contributed by atoms with van der Waals surface area (Å²) in [7, 11) is 0. The van der Waals surface area contributed by atoms with Crippen molar-refractivity contribution >= 4 is 40.3 Å². The molecule has 0 nitrogen and oxygen atoms in total. The molecule has 0 bridgehead atoms. The molecule has 0 aliphatic heterocycles. The van der Waals surface area contributed by atoms with Crippen LogP contribution in [-0.2, 0) is 0 Å². The van der Waals surface area contributed by atoms with Crippen molar-refractivity contribution in [2.75, 3.05) is 11.5 Å². The lowest BCUT2D eigenvalue weighted by Gasteiger charge is -2.11. The highest BCUT2D eigenvalue weighted by atomic mass is 79.9. The van der Waals surface area contributed by atoms with Crippen LogP contribution in [0, 0.1) is 5.92 Å². The lowest BCUT2D eigenvalue weighted by Crippen LogP contribution is -2.03. The Labute approximate surface area is 104 Å². The molecule has 0 saturated carbocycles. The standard InChI is InChI=1S/C11H15BrS2/c1-2-9(7-13)8-14-11-6-4-3-5-10(11)12/h3-6,9,13H,2,7-8H2,1H3. The van der Waals surface area contributed by atoms with Crippen LogP contribution in [0.1, 0.15) is 13.3 Å². The normalized spacial score (nSPS) is 12.8. The second-order valence-electron chi connectivity index (χ2n) is 3.20. The quantitative estimate of drug-likeness (QED) is 0.616. The predicted octanol–water partition coefficient (Wildman–Crippen LogP) is 4.50. The maximum absolute atomic E-state index is 4.34. The summed E-state index contributed by atoms with van der Waals surface area (Å²) >= 11 is 9.80. The Hall–Kier alpha value is 0.400. The fourth-order valence-electron chi connectivity index (χ4n) is 1.07. The molecule has 1 atom stereocenters. The first-order chi connectivity index (χ1) is 6.77. The van der Waals surface area contributed by atoms with Gasteiger partial charge in [-0.25, -0.2) is 0 Å². The van der Waals surface area contributed by atoms with E-state index in [1.807, 2.05) is 17.8 Å². The topological polar surface area (TPSA) is 0 Å². The molecule has 1 rings (SSSR count). The Balaban J connectivity index is 2.49. The Morgan fingerprint density at radius 2 is 2.14 bits per heavy atom. The van der Waals surface area contributed by atoms with E-state index >= 15 is 0 Å². The number of thioether (sulfide) groups is 1. The third-order valence-corrected chi connectivity index (χ3v) is 4.92. The molecule has 1 aromatic carbocycles. The van der Waals surface area contributed by atoms with Gasteiger partial charge in [0, 0.05) is 15.1 Å². The number of rotatable bonds is 5. The second kappa shape index (κ2) is 6.81. The summed E-state index contributed by atoms with van der Waals surface area (Å²) < 4.78 is 1.19. The molecule has 0 N–H and O–H groups in total. The van der Waals surface area contributed by atoms with Crippen molar-refractivity contribution in [1.82, 2.24) is 0 Å². The van der Waals surface area contributed by atoms with Crippen LogP contribution in [0.15, 0.2) is 33.6 Å². The van der Waals surface area contributed by atoms with Gasteiger partial charge >= 0.3 is 0 Å². The van der Waals surface area contributed by atoms with Gasteiger partial charge < -0.3 is 0 Å². The minimum absolute atomic E-state index is 0.718. The second-order valence-corrected chi connectivity index (χ2v) is 5.48. The number of halogens is 1. The van der Waals surface area contributed by atoms with E-state index in [2.05, 4.69) is 53.7 Å². The summed E-state index contributed by atoms with van der Waals surface area (Å²) in [4.78, 5) is 1.33. The molecule has 14 heavy (non-hydrogen) atoms. The maximum atomic E-state index is 4.34. The highest BCUT2D eigenvalue weighted by molar-refractivity contribution is 9.10. The highest BCUT2D eigenvalue weighted by Gasteiger charge is 2.06. The van der Waals surface area contributed by atoms with Crippen molar-refractivity contribution in [2.45, 2.75) is 18.2 Å². The van der Waals surface area contributed by atoms with Gasteiger partial charge in [-0.15, -0.1) is 11.8 Å². The summed E-state index contributed by atoms with van der Waals surface area (Å²) in [6.45, 7) is 2.22. The smallest absolute Gasteiger partial charge is 0.0311 e. The van der Waals surface area contributed by atoms with Crippen LogP contribution in [0.25, 0.3) is 0 Å². The van der Waals surface area contributed by atoms with Crippen molar-refractivity contribution < 1.29 is 0 Å². The molecule has 0 fully saturated rings. The van der Waals surface area contributed by atoms with Crippen LogP contribution in [0.5, 0.6) is 0 Å². The molecule has 0 aromatic heterocycles. The average molecular weight is 291 g/mol. The number of hydrogen-bond acceptors (Lipinski definition) is 2. The Morgan fingerprint density at radius 3 is 2.71 bits per heavy atom. The molecule has 0 saturated heterocycles. The molecule has 1 unspecified atom stereocenters. The van der Waals surface area contributed by atoms with Crippen molar-refractivity contribution in [3.8, 4) is 0 Å². The zero-order valence-electron chi connectivity index (χ0n) is 8.24. The monoisotopic (exact) mass is 290 g/mol. The largest absolute Gasteiger partial charge is 0.179 e. The summed E-state index contributed by atoms with van der Waals surface area (Å²) in [5.74, 6) is 2.85. The molecule has 3 heteroatoms. The van der Waals surface area contributed by atoms with Gasteiger partial charge in [0.15, 0.2) is 0 Å². The Morgan fingerprint density at radius 1 is 1.43 bits per heavy atom. The van der Waals surface area contributed by atoms with E-state index in [9.17, 15) is 0 Å². The number of hydrogen-bond donors (Lipinski definition) is 1. The molecule has 0 spiro atoms. The van der Waals surface area contributed by atoms with Crippen molar-refractivity contribution in [3.05, 3.63) is 28.7 Å². The van der Waals surface area contributed by atoms with Crippen LogP contribution in [0.3, 0.4) is 0 Å². The van der Waals surface area contributed by atoms with Gasteiger partial charge in [-0.05, 0) is 39.7 Å². The van der Waals surface area contributed by atoms with Crippen LogP contribution in [0.2, 0.25) is 0 Å². The molecule has 0 aliphatic carbocycles. The highest BCUT2D eigenvalue weighted by Crippen LogP contribution is 2.29. The van der Waals surface area contributed by atoms with Crippen molar-refractivity contribution in [1.29, 1.82) is 0 Å². The Bertz CT molecular complexity index is 272. The van der Waals surface area contributed by atoms with E-state index in [-0.39, 0.29) is 0 Å². The zero-order chi connectivity index (χ0) is 10.4. The van der Waals surface area contributed by atoms with Crippen LogP contribution in [-0.4, -0.2) is 11.5 Å². The molecule has 78 valence electrons. The third kappa shape index (κ3) is 3.87. The molecule has 0 amide bonds. The fourth-order valence-corrected chi connectivity index (χ4v) is 3.41. The summed E-state index contributed by atoms with van der Waals surface area (Å²) in [6, 6.07) is 8.36. The van der Waals surface area contributed by atoms with Crippen LogP contribution >= 0.6 is 40.3 Å². The van der Waals surface area contributed by atoms with Gasteiger partial charge in [0.2, 0.25) is 0 Å². The van der Waals surface area contributed by atoms with Gasteiger partial charge in [-0.2, -0.15) is 12.6 Å². The molecular weight excluding hydrogens is 276 g/mol. The van der Waals surface area contributed by atoms with Gasteiger partial charge in [-0.1, -0.05) is 25.5 Å². The molecule has 1 aromatic rings. The molecular formula is C11H15BrS2. The minimum Gasteiger partial charge on any atom is -0.179 e. The van der Waals surface area contributed by atoms with E-state index in [0.717, 1.165) is 17.4 Å². The van der Waals surface area contributed by atoms with Crippen LogP contribution in [0.4, 0.5) is 0 Å². The van der Waals surface area contributed by atoms with E-state index < -0.39 is 0 Å². The maximum Gasteiger partial charge on any atom is 0.0311 e. The van der Waals surface area contributed by atoms with Crippen molar-refractivity contribution in [2.24, 2.45) is 5.92 Å². The summed E-state index contributed by atoms with van der Waals surface area (Å²) in [5, 5.41) is 0. The van der Waals surface area contributed by atoms with Crippen LogP contribution < -0.4 is 0 Å². The Kier molecular flexibility index (Phi) is 6.06. The average Bonchev–Trinajstić information content (AvgIpc) is 2.22. The number of benzene rings is 1. The third-order valence-electron chi connectivity index (χ3n) is 2.15. The molecule has 0 radical (unpaired) electrons. The lowest BCUT2D eigenvalue weighted by molar-refractivity contribution is 0.649. The van der Waals surface area contributed by atoms with Gasteiger partial charge in [0.25, 0.3) is 0 Å². The summed E-state index contributed by atoms with van der Waals surface area (Å²) in [5.41, 5.74) is 0. The minimum atomic E-state index is 0.718. The van der Waals surface area contributed by atoms with E-state index in [0.29, 0.717) is 0 Å². The van der Waals surface area contributed by atoms with Gasteiger partial charge in [0.05, 0.1) is 0 Å². The first-order valence-electron chi connectivity index (χ1n) is 4.76. The molecule has 0 heterocycles. The van der Waals surface area contributed by atoms with E-state index in [1.54, 1.807) is 0 Å². The van der Waals surface area contributed by atoms with Gasteiger partial charge in [0.1, 0.15) is 0 Å². The summed E-state index contributed by atoms with van der Waals surface area (Å²) in [6.07, 6.45) is 1.21.